The van der Waals surface area contributed by atoms with Crippen molar-refractivity contribution in [2.45, 2.75) is 38.7 Å². The van der Waals surface area contributed by atoms with Crippen molar-refractivity contribution in [2.24, 2.45) is 0 Å². The molecule has 2 N–H and O–H groups in total. The number of carbonyl (C=O) groups excluding carboxylic acids is 1. The Morgan fingerprint density at radius 2 is 1.90 bits per heavy atom. The maximum atomic E-state index is 12.4. The minimum absolute atomic E-state index is 0.0475. The van der Waals surface area contributed by atoms with Crippen LogP contribution in [0.5, 0.6) is 11.5 Å². The molecule has 1 fully saturated rings. The van der Waals surface area contributed by atoms with E-state index in [9.17, 15) is 4.79 Å². The molecule has 1 aliphatic heterocycles. The molecule has 0 bridgehead atoms. The van der Waals surface area contributed by atoms with E-state index in [1.165, 1.54) is 12.8 Å². The Labute approximate surface area is 126 Å². The molecule has 0 aromatic heterocycles. The Morgan fingerprint density at radius 3 is 2.48 bits per heavy atom. The van der Waals surface area contributed by atoms with Crippen molar-refractivity contribution in [3.8, 4) is 11.5 Å². The van der Waals surface area contributed by atoms with Crippen molar-refractivity contribution in [3.63, 3.8) is 0 Å². The number of methoxy groups -OCH3 is 1. The van der Waals surface area contributed by atoms with Gasteiger partial charge in [-0.15, -0.1) is 0 Å². The molecule has 1 amide bonds. The number of amides is 1. The topological polar surface area (TPSA) is 64.8 Å². The number of benzene rings is 1. The van der Waals surface area contributed by atoms with Crippen LogP contribution in [0.4, 0.5) is 5.69 Å². The summed E-state index contributed by atoms with van der Waals surface area (Å²) in [5, 5.41) is 0. The zero-order chi connectivity index (χ0) is 15.2. The molecule has 0 radical (unpaired) electrons. The number of carbonyl (C=O) groups is 1. The van der Waals surface area contributed by atoms with Crippen LogP contribution >= 0.6 is 0 Å². The van der Waals surface area contributed by atoms with E-state index >= 15 is 0 Å². The number of nitrogen functional groups attached to an aromatic ring is 1. The second-order valence-electron chi connectivity index (χ2n) is 5.40. The number of ether oxygens (including phenoxy) is 2. The molecule has 1 atom stereocenters. The Kier molecular flexibility index (Phi) is 5.31. The quantitative estimate of drug-likeness (QED) is 0.866. The summed E-state index contributed by atoms with van der Waals surface area (Å²) >= 11 is 0. The number of nitrogens with two attached hydrogens (primary N) is 1. The van der Waals surface area contributed by atoms with Gasteiger partial charge in [0, 0.05) is 19.2 Å². The monoisotopic (exact) mass is 292 g/mol. The summed E-state index contributed by atoms with van der Waals surface area (Å²) in [6, 6.07) is 5.19. The smallest absolute Gasteiger partial charge is 0.263 e. The number of nitrogens with zero attached hydrogens (tertiary/aromatic N) is 1. The lowest BCUT2D eigenvalue weighted by Crippen LogP contribution is -2.41. The molecule has 5 heteroatoms. The summed E-state index contributed by atoms with van der Waals surface area (Å²) < 4.78 is 10.8. The van der Waals surface area contributed by atoms with Crippen molar-refractivity contribution in [1.82, 2.24) is 4.90 Å². The third kappa shape index (κ3) is 4.03. The Bertz CT molecular complexity index is 482. The first-order valence-corrected chi connectivity index (χ1v) is 7.51. The number of hydrogen-bond acceptors (Lipinski definition) is 4. The second kappa shape index (κ2) is 7.20. The molecule has 21 heavy (non-hydrogen) atoms. The second-order valence-corrected chi connectivity index (χ2v) is 5.40. The molecule has 0 saturated carbocycles. The minimum atomic E-state index is -0.504. The molecule has 0 aliphatic carbocycles. The fourth-order valence-corrected chi connectivity index (χ4v) is 2.59. The Hall–Kier alpha value is -1.91. The third-order valence-electron chi connectivity index (χ3n) is 3.78. The highest BCUT2D eigenvalue weighted by Crippen LogP contribution is 2.26. The number of anilines is 1. The van der Waals surface area contributed by atoms with E-state index in [-0.39, 0.29) is 5.91 Å². The molecule has 2 rings (SSSR count). The van der Waals surface area contributed by atoms with Crippen LogP contribution in [0.3, 0.4) is 0 Å². The fourth-order valence-electron chi connectivity index (χ4n) is 2.59. The third-order valence-corrected chi connectivity index (χ3v) is 3.78. The van der Waals surface area contributed by atoms with E-state index in [4.69, 9.17) is 15.2 Å². The van der Waals surface area contributed by atoms with E-state index in [1.807, 2.05) is 4.90 Å². The van der Waals surface area contributed by atoms with Gasteiger partial charge in [-0.3, -0.25) is 4.79 Å². The van der Waals surface area contributed by atoms with Gasteiger partial charge in [-0.25, -0.2) is 0 Å². The van der Waals surface area contributed by atoms with E-state index in [2.05, 4.69) is 0 Å². The summed E-state index contributed by atoms with van der Waals surface area (Å²) in [6.45, 7) is 3.45. The molecule has 0 spiro atoms. The minimum Gasteiger partial charge on any atom is -0.495 e. The van der Waals surface area contributed by atoms with Crippen molar-refractivity contribution >= 4 is 11.6 Å². The lowest BCUT2D eigenvalue weighted by Gasteiger charge is -2.24. The summed E-state index contributed by atoms with van der Waals surface area (Å²) in [4.78, 5) is 14.3. The highest BCUT2D eigenvalue weighted by atomic mass is 16.5. The van der Waals surface area contributed by atoms with Gasteiger partial charge in [-0.2, -0.15) is 0 Å². The molecule has 1 unspecified atom stereocenters. The van der Waals surface area contributed by atoms with Gasteiger partial charge in [0.1, 0.15) is 11.5 Å². The summed E-state index contributed by atoms with van der Waals surface area (Å²) in [6.07, 6.45) is 4.06. The van der Waals surface area contributed by atoms with E-state index in [0.717, 1.165) is 25.9 Å². The van der Waals surface area contributed by atoms with Crippen LogP contribution in [0.25, 0.3) is 0 Å². The standard InChI is InChI=1S/C16H24N2O3/c1-12(16(19)18-9-5-3-4-6-10-18)21-13-7-8-15(20-2)14(17)11-13/h7-8,11-12H,3-6,9-10,17H2,1-2H3. The van der Waals surface area contributed by atoms with Crippen LogP contribution in [-0.4, -0.2) is 37.1 Å². The van der Waals surface area contributed by atoms with Gasteiger partial charge < -0.3 is 20.1 Å². The largest absolute Gasteiger partial charge is 0.495 e. The van der Waals surface area contributed by atoms with Crippen molar-refractivity contribution in [1.29, 1.82) is 0 Å². The normalized spacial score (nSPS) is 17.0. The Morgan fingerprint density at radius 1 is 1.24 bits per heavy atom. The Balaban J connectivity index is 1.98. The van der Waals surface area contributed by atoms with E-state index in [0.29, 0.717) is 17.2 Å². The van der Waals surface area contributed by atoms with Gasteiger partial charge >= 0.3 is 0 Å². The van der Waals surface area contributed by atoms with Crippen LogP contribution in [0, 0.1) is 0 Å². The van der Waals surface area contributed by atoms with E-state index < -0.39 is 6.10 Å². The van der Waals surface area contributed by atoms with Gasteiger partial charge in [0.2, 0.25) is 0 Å². The van der Waals surface area contributed by atoms with Crippen molar-refractivity contribution < 1.29 is 14.3 Å². The highest BCUT2D eigenvalue weighted by molar-refractivity contribution is 5.81. The molecule has 1 aliphatic rings. The zero-order valence-corrected chi connectivity index (χ0v) is 12.8. The van der Waals surface area contributed by atoms with Gasteiger partial charge in [-0.05, 0) is 31.9 Å². The first-order chi connectivity index (χ1) is 10.1. The first kappa shape index (κ1) is 15.5. The fraction of sp³-hybridized carbons (Fsp3) is 0.562. The lowest BCUT2D eigenvalue weighted by molar-refractivity contribution is -0.137. The lowest BCUT2D eigenvalue weighted by atomic mass is 10.2. The van der Waals surface area contributed by atoms with Crippen molar-refractivity contribution in [3.05, 3.63) is 18.2 Å². The molecule has 1 saturated heterocycles. The highest BCUT2D eigenvalue weighted by Gasteiger charge is 2.22. The van der Waals surface area contributed by atoms with Crippen LogP contribution < -0.4 is 15.2 Å². The zero-order valence-electron chi connectivity index (χ0n) is 12.8. The predicted octanol–water partition coefficient (Wildman–Crippen LogP) is 2.45. The molecule has 1 aromatic carbocycles. The molecule has 1 heterocycles. The molecular formula is C16H24N2O3. The SMILES string of the molecule is COc1ccc(OC(C)C(=O)N2CCCCCC2)cc1N. The summed E-state index contributed by atoms with van der Waals surface area (Å²) in [5.74, 6) is 1.24. The average molecular weight is 292 g/mol. The number of rotatable bonds is 4. The van der Waals surface area contributed by atoms with Crippen molar-refractivity contribution in [2.75, 3.05) is 25.9 Å². The van der Waals surface area contributed by atoms with Crippen LogP contribution in [0.1, 0.15) is 32.6 Å². The van der Waals surface area contributed by atoms with Gasteiger partial charge in [0.15, 0.2) is 6.10 Å². The number of hydrogen-bond donors (Lipinski definition) is 1. The predicted molar refractivity (Wildman–Crippen MR) is 82.5 cm³/mol. The maximum absolute atomic E-state index is 12.4. The maximum Gasteiger partial charge on any atom is 0.263 e. The summed E-state index contributed by atoms with van der Waals surface area (Å²) in [5.41, 5.74) is 6.35. The van der Waals surface area contributed by atoms with E-state index in [1.54, 1.807) is 32.2 Å². The van der Waals surface area contributed by atoms with Crippen LogP contribution in [0.2, 0.25) is 0 Å². The molecule has 5 nitrogen and oxygen atoms in total. The molecular weight excluding hydrogens is 268 g/mol. The van der Waals surface area contributed by atoms with Gasteiger partial charge in [0.25, 0.3) is 5.91 Å². The van der Waals surface area contributed by atoms with Gasteiger partial charge in [0.05, 0.1) is 12.8 Å². The van der Waals surface area contributed by atoms with Crippen LogP contribution in [0.15, 0.2) is 18.2 Å². The summed E-state index contributed by atoms with van der Waals surface area (Å²) in [7, 11) is 1.57. The average Bonchev–Trinajstić information content (AvgIpc) is 2.75. The van der Waals surface area contributed by atoms with Gasteiger partial charge in [-0.1, -0.05) is 12.8 Å². The molecule has 116 valence electrons. The van der Waals surface area contributed by atoms with Crippen LogP contribution in [-0.2, 0) is 4.79 Å². The number of likely N-dealkylation sites (tertiary alicyclic amines) is 1. The first-order valence-electron chi connectivity index (χ1n) is 7.51. The molecule has 1 aromatic rings.